The zero-order valence-electron chi connectivity index (χ0n) is 9.12. The summed E-state index contributed by atoms with van der Waals surface area (Å²) in [6.07, 6.45) is 1.62. The van der Waals surface area contributed by atoms with Gasteiger partial charge in [0.25, 0.3) is 5.56 Å². The third-order valence-corrected chi connectivity index (χ3v) is 2.46. The minimum Gasteiger partial charge on any atom is -0.477 e. The normalized spacial score (nSPS) is 10.2. The number of rotatable bonds is 2. The Morgan fingerprint density at radius 3 is 2.65 bits per heavy atom. The predicted molar refractivity (Wildman–Crippen MR) is 61.9 cm³/mol. The number of hydrogen-bond donors (Lipinski definition) is 1. The lowest BCUT2D eigenvalue weighted by molar-refractivity contribution is 0.0694. The zero-order valence-corrected chi connectivity index (χ0v) is 9.12. The number of carbonyl (C=O) groups is 1. The van der Waals surface area contributed by atoms with Crippen molar-refractivity contribution in [2.75, 3.05) is 0 Å². The van der Waals surface area contributed by atoms with Crippen molar-refractivity contribution >= 4 is 5.97 Å². The topological polar surface area (TPSA) is 72.2 Å². The Hall–Kier alpha value is -2.43. The second kappa shape index (κ2) is 4.21. The van der Waals surface area contributed by atoms with Crippen molar-refractivity contribution in [1.82, 2.24) is 9.55 Å². The molecule has 2 aromatic heterocycles. The van der Waals surface area contributed by atoms with Gasteiger partial charge in [0.2, 0.25) is 0 Å². The van der Waals surface area contributed by atoms with Crippen LogP contribution in [-0.2, 0) is 7.05 Å². The van der Waals surface area contributed by atoms with Crippen LogP contribution in [0.4, 0.5) is 0 Å². The lowest BCUT2D eigenvalue weighted by atomic mass is 10.2. The van der Waals surface area contributed by atoms with Gasteiger partial charge in [-0.25, -0.2) is 4.79 Å². The lowest BCUT2D eigenvalue weighted by Gasteiger charge is -2.07. The van der Waals surface area contributed by atoms with E-state index in [4.69, 9.17) is 5.11 Å². The molecular formula is C12H10N2O3. The largest absolute Gasteiger partial charge is 0.477 e. The van der Waals surface area contributed by atoms with E-state index in [1.807, 2.05) is 0 Å². The first-order valence-corrected chi connectivity index (χ1v) is 4.96. The van der Waals surface area contributed by atoms with Crippen LogP contribution >= 0.6 is 0 Å². The van der Waals surface area contributed by atoms with Crippen LogP contribution in [0.2, 0.25) is 0 Å². The minimum atomic E-state index is -1.22. The Balaban J connectivity index is 2.64. The van der Waals surface area contributed by atoms with Gasteiger partial charge in [0.1, 0.15) is 5.56 Å². The SMILES string of the molecule is Cn1c(-c2ccccn2)ccc(C(=O)O)c1=O. The molecule has 0 amide bonds. The fraction of sp³-hybridized carbons (Fsp3) is 0.0833. The van der Waals surface area contributed by atoms with Gasteiger partial charge in [0.05, 0.1) is 11.4 Å². The predicted octanol–water partition coefficient (Wildman–Crippen LogP) is 1.15. The van der Waals surface area contributed by atoms with E-state index >= 15 is 0 Å². The molecule has 0 aliphatic carbocycles. The lowest BCUT2D eigenvalue weighted by Crippen LogP contribution is -2.25. The molecule has 5 heteroatoms. The van der Waals surface area contributed by atoms with Crippen LogP contribution in [-0.4, -0.2) is 20.6 Å². The molecule has 0 saturated heterocycles. The zero-order chi connectivity index (χ0) is 12.4. The quantitative estimate of drug-likeness (QED) is 0.839. The maximum atomic E-state index is 11.8. The van der Waals surface area contributed by atoms with Crippen molar-refractivity contribution in [1.29, 1.82) is 0 Å². The summed E-state index contributed by atoms with van der Waals surface area (Å²) in [7, 11) is 1.53. The van der Waals surface area contributed by atoms with Gasteiger partial charge in [0.15, 0.2) is 0 Å². The first kappa shape index (κ1) is 11.1. The summed E-state index contributed by atoms with van der Waals surface area (Å²) in [5.74, 6) is -1.22. The van der Waals surface area contributed by atoms with E-state index in [1.54, 1.807) is 30.5 Å². The summed E-state index contributed by atoms with van der Waals surface area (Å²) in [4.78, 5) is 26.7. The van der Waals surface area contributed by atoms with E-state index in [0.29, 0.717) is 11.4 Å². The van der Waals surface area contributed by atoms with E-state index in [0.717, 1.165) is 0 Å². The van der Waals surface area contributed by atoms with E-state index in [-0.39, 0.29) is 5.56 Å². The highest BCUT2D eigenvalue weighted by Gasteiger charge is 2.12. The van der Waals surface area contributed by atoms with Crippen LogP contribution in [0.15, 0.2) is 41.3 Å². The fourth-order valence-corrected chi connectivity index (χ4v) is 1.57. The Morgan fingerprint density at radius 1 is 1.29 bits per heavy atom. The molecule has 2 rings (SSSR count). The van der Waals surface area contributed by atoms with Crippen molar-refractivity contribution in [3.8, 4) is 11.4 Å². The standard InChI is InChI=1S/C12H10N2O3/c1-14-10(9-4-2-3-7-13-9)6-5-8(11(14)15)12(16)17/h2-7H,1H3,(H,16,17). The number of carboxylic acid groups (broad SMARTS) is 1. The summed E-state index contributed by atoms with van der Waals surface area (Å²) in [5.41, 5.74) is 0.428. The summed E-state index contributed by atoms with van der Waals surface area (Å²) < 4.78 is 1.28. The Labute approximate surface area is 97.0 Å². The maximum absolute atomic E-state index is 11.8. The third-order valence-electron chi connectivity index (χ3n) is 2.46. The Morgan fingerprint density at radius 2 is 2.06 bits per heavy atom. The van der Waals surface area contributed by atoms with Crippen molar-refractivity contribution < 1.29 is 9.90 Å². The first-order chi connectivity index (χ1) is 8.11. The van der Waals surface area contributed by atoms with Gasteiger partial charge in [-0.1, -0.05) is 6.07 Å². The van der Waals surface area contributed by atoms with E-state index in [9.17, 15) is 9.59 Å². The summed E-state index contributed by atoms with van der Waals surface area (Å²) >= 11 is 0. The van der Waals surface area contributed by atoms with Crippen LogP contribution < -0.4 is 5.56 Å². The molecule has 5 nitrogen and oxygen atoms in total. The average molecular weight is 230 g/mol. The molecule has 0 aliphatic heterocycles. The van der Waals surface area contributed by atoms with Crippen molar-refractivity contribution in [2.45, 2.75) is 0 Å². The van der Waals surface area contributed by atoms with Crippen LogP contribution in [0.5, 0.6) is 0 Å². The Kier molecular flexibility index (Phi) is 2.74. The minimum absolute atomic E-state index is 0.243. The van der Waals surface area contributed by atoms with Crippen molar-refractivity contribution in [3.63, 3.8) is 0 Å². The summed E-state index contributed by atoms with van der Waals surface area (Å²) in [6, 6.07) is 8.21. The second-order valence-electron chi connectivity index (χ2n) is 3.52. The van der Waals surface area contributed by atoms with Crippen molar-refractivity contribution in [3.05, 3.63) is 52.4 Å². The molecule has 0 atom stereocenters. The van der Waals surface area contributed by atoms with E-state index in [1.165, 1.54) is 17.7 Å². The molecule has 0 radical (unpaired) electrons. The highest BCUT2D eigenvalue weighted by atomic mass is 16.4. The van der Waals surface area contributed by atoms with Crippen LogP contribution in [0.25, 0.3) is 11.4 Å². The molecule has 17 heavy (non-hydrogen) atoms. The first-order valence-electron chi connectivity index (χ1n) is 4.96. The monoisotopic (exact) mass is 230 g/mol. The van der Waals surface area contributed by atoms with Gasteiger partial charge < -0.3 is 9.67 Å². The molecule has 1 N–H and O–H groups in total. The smallest absolute Gasteiger partial charge is 0.341 e. The molecule has 0 spiro atoms. The van der Waals surface area contributed by atoms with Crippen LogP contribution in [0.1, 0.15) is 10.4 Å². The molecule has 0 saturated carbocycles. The van der Waals surface area contributed by atoms with E-state index < -0.39 is 11.5 Å². The molecule has 0 fully saturated rings. The third kappa shape index (κ3) is 1.94. The van der Waals surface area contributed by atoms with Crippen LogP contribution in [0, 0.1) is 0 Å². The van der Waals surface area contributed by atoms with Crippen molar-refractivity contribution in [2.24, 2.45) is 7.05 Å². The molecular weight excluding hydrogens is 220 g/mol. The molecule has 0 aliphatic rings. The average Bonchev–Trinajstić information content (AvgIpc) is 2.33. The number of carboxylic acids is 1. The second-order valence-corrected chi connectivity index (χ2v) is 3.52. The highest BCUT2D eigenvalue weighted by Crippen LogP contribution is 2.13. The maximum Gasteiger partial charge on any atom is 0.341 e. The molecule has 2 heterocycles. The molecule has 0 unspecified atom stereocenters. The number of nitrogens with zero attached hydrogens (tertiary/aromatic N) is 2. The van der Waals surface area contributed by atoms with E-state index in [2.05, 4.69) is 4.98 Å². The van der Waals surface area contributed by atoms with Gasteiger partial charge in [-0.3, -0.25) is 9.78 Å². The van der Waals surface area contributed by atoms with Gasteiger partial charge in [-0.2, -0.15) is 0 Å². The molecule has 86 valence electrons. The molecule has 2 aromatic rings. The van der Waals surface area contributed by atoms with Gasteiger partial charge in [0, 0.05) is 13.2 Å². The number of hydrogen-bond acceptors (Lipinski definition) is 3. The molecule has 0 bridgehead atoms. The molecule has 0 aromatic carbocycles. The van der Waals surface area contributed by atoms with Crippen LogP contribution in [0.3, 0.4) is 0 Å². The highest BCUT2D eigenvalue weighted by molar-refractivity contribution is 5.87. The van der Waals surface area contributed by atoms with Gasteiger partial charge in [-0.15, -0.1) is 0 Å². The van der Waals surface area contributed by atoms with Gasteiger partial charge in [-0.05, 0) is 24.3 Å². The number of aromatic carboxylic acids is 1. The fourth-order valence-electron chi connectivity index (χ4n) is 1.57. The Bertz CT molecular complexity index is 617. The summed E-state index contributed by atoms with van der Waals surface area (Å²) in [5, 5.41) is 8.82. The van der Waals surface area contributed by atoms with Gasteiger partial charge >= 0.3 is 5.97 Å². The number of aromatic nitrogens is 2. The number of pyridine rings is 2. The summed E-state index contributed by atoms with van der Waals surface area (Å²) in [6.45, 7) is 0.